The lowest BCUT2D eigenvalue weighted by Gasteiger charge is -2.08. The molecule has 180 valence electrons. The Morgan fingerprint density at radius 3 is 2.47 bits per heavy atom. The first-order valence-corrected chi connectivity index (χ1v) is 12.0. The molecule has 0 amide bonds. The minimum absolute atomic E-state index is 0.173. The number of hydrogen-bond donors (Lipinski definition) is 1. The van der Waals surface area contributed by atoms with Gasteiger partial charge >= 0.3 is 0 Å². The molecular formula is C27H26N8O. The van der Waals surface area contributed by atoms with Crippen LogP contribution in [-0.2, 0) is 13.0 Å². The van der Waals surface area contributed by atoms with Crippen LogP contribution in [0.5, 0.6) is 0 Å². The number of aromatic amines is 1. The fourth-order valence-corrected chi connectivity index (χ4v) is 4.08. The highest BCUT2D eigenvalue weighted by molar-refractivity contribution is 6.06. The summed E-state index contributed by atoms with van der Waals surface area (Å²) in [5.74, 6) is 1.39. The molecule has 0 saturated heterocycles. The number of hydrogen-bond acceptors (Lipinski definition) is 7. The van der Waals surface area contributed by atoms with Gasteiger partial charge in [0.1, 0.15) is 5.82 Å². The Morgan fingerprint density at radius 2 is 1.75 bits per heavy atom. The summed E-state index contributed by atoms with van der Waals surface area (Å²) in [5.41, 5.74) is 4.26. The number of nitrogens with zero attached hydrogens (tertiary/aromatic N) is 7. The van der Waals surface area contributed by atoms with Gasteiger partial charge in [0.25, 0.3) is 0 Å². The molecular weight excluding hydrogens is 452 g/mol. The van der Waals surface area contributed by atoms with E-state index in [1.165, 1.54) is 0 Å². The smallest absolute Gasteiger partial charge is 0.232 e. The van der Waals surface area contributed by atoms with Gasteiger partial charge in [-0.2, -0.15) is 0 Å². The Balaban J connectivity index is 1.40. The Morgan fingerprint density at radius 1 is 0.944 bits per heavy atom. The second kappa shape index (κ2) is 10.8. The van der Waals surface area contributed by atoms with Gasteiger partial charge in [0, 0.05) is 41.5 Å². The van der Waals surface area contributed by atoms with Crippen LogP contribution >= 0.6 is 0 Å². The van der Waals surface area contributed by atoms with Crippen molar-refractivity contribution in [2.24, 2.45) is 0 Å². The van der Waals surface area contributed by atoms with Crippen LogP contribution < -0.4 is 0 Å². The monoisotopic (exact) mass is 478 g/mol. The van der Waals surface area contributed by atoms with Crippen LogP contribution in [0.15, 0.2) is 72.9 Å². The topological polar surface area (TPSA) is 115 Å². The fraction of sp³-hybridized carbons (Fsp3) is 0.222. The van der Waals surface area contributed by atoms with Crippen molar-refractivity contribution in [3.63, 3.8) is 0 Å². The molecule has 0 aliphatic heterocycles. The van der Waals surface area contributed by atoms with Crippen molar-refractivity contribution in [3.05, 3.63) is 95.8 Å². The van der Waals surface area contributed by atoms with E-state index in [-0.39, 0.29) is 11.6 Å². The minimum atomic E-state index is -0.173. The summed E-state index contributed by atoms with van der Waals surface area (Å²) in [6.45, 7) is 2.88. The molecule has 0 atom stereocenters. The summed E-state index contributed by atoms with van der Waals surface area (Å²) in [6.07, 6.45) is 5.50. The van der Waals surface area contributed by atoms with E-state index in [4.69, 9.17) is 4.98 Å². The second-order valence-electron chi connectivity index (χ2n) is 8.49. The summed E-state index contributed by atoms with van der Waals surface area (Å²) in [6, 6.07) is 21.0. The normalized spacial score (nSPS) is 11.0. The van der Waals surface area contributed by atoms with Gasteiger partial charge in [-0.15, -0.1) is 10.2 Å². The second-order valence-corrected chi connectivity index (χ2v) is 8.49. The SMILES string of the molecule is CCCCCn1nc(C(=O)c2ccccc2)nc1Cc1ccc(-c2ccccc2-c2nnn[nH]2)cn1. The van der Waals surface area contributed by atoms with E-state index in [1.807, 2.05) is 65.5 Å². The zero-order valence-corrected chi connectivity index (χ0v) is 20.0. The first kappa shape index (κ1) is 23.2. The lowest BCUT2D eigenvalue weighted by atomic mass is 10.0. The summed E-state index contributed by atoms with van der Waals surface area (Å²) in [4.78, 5) is 22.3. The molecule has 9 heteroatoms. The standard InChI is InChI=1S/C27H26N8O/c1-2-3-9-16-35-24(29-27(32-35)25(36)19-10-5-4-6-11-19)17-21-15-14-20(18-28-21)22-12-7-8-13-23(22)26-30-33-34-31-26/h4-8,10-15,18H,2-3,9,16-17H2,1H3,(H,30,31,33,34). The lowest BCUT2D eigenvalue weighted by molar-refractivity contribution is 0.102. The van der Waals surface area contributed by atoms with Crippen molar-refractivity contribution in [1.82, 2.24) is 40.4 Å². The molecule has 0 saturated carbocycles. The summed E-state index contributed by atoms with van der Waals surface area (Å²) >= 11 is 0. The molecule has 1 N–H and O–H groups in total. The molecule has 0 bridgehead atoms. The van der Waals surface area contributed by atoms with Crippen LogP contribution in [0, 0.1) is 0 Å². The van der Waals surface area contributed by atoms with Crippen LogP contribution in [0.3, 0.4) is 0 Å². The minimum Gasteiger partial charge on any atom is -0.285 e. The summed E-state index contributed by atoms with van der Waals surface area (Å²) < 4.78 is 1.85. The predicted molar refractivity (Wildman–Crippen MR) is 135 cm³/mol. The van der Waals surface area contributed by atoms with Crippen molar-refractivity contribution in [1.29, 1.82) is 0 Å². The third-order valence-corrected chi connectivity index (χ3v) is 5.96. The van der Waals surface area contributed by atoms with Gasteiger partial charge in [0.05, 0.1) is 0 Å². The van der Waals surface area contributed by atoms with E-state index in [0.29, 0.717) is 17.8 Å². The quantitative estimate of drug-likeness (QED) is 0.232. The van der Waals surface area contributed by atoms with Crippen molar-refractivity contribution in [2.75, 3.05) is 0 Å². The van der Waals surface area contributed by atoms with Crippen molar-refractivity contribution < 1.29 is 4.79 Å². The predicted octanol–water partition coefficient (Wildman–Crippen LogP) is 4.53. The van der Waals surface area contributed by atoms with Gasteiger partial charge < -0.3 is 0 Å². The molecule has 2 aromatic carbocycles. The number of pyridine rings is 1. The maximum atomic E-state index is 13.0. The number of ketones is 1. The number of carbonyl (C=O) groups excluding carboxylic acids is 1. The van der Waals surface area contributed by atoms with E-state index in [9.17, 15) is 4.79 Å². The van der Waals surface area contributed by atoms with E-state index >= 15 is 0 Å². The van der Waals surface area contributed by atoms with Gasteiger partial charge in [0.15, 0.2) is 5.82 Å². The molecule has 0 unspecified atom stereocenters. The highest BCUT2D eigenvalue weighted by Crippen LogP contribution is 2.29. The Bertz CT molecular complexity index is 1430. The zero-order chi connectivity index (χ0) is 24.7. The number of rotatable bonds is 10. The third kappa shape index (κ3) is 5.10. The van der Waals surface area contributed by atoms with Gasteiger partial charge in [-0.1, -0.05) is 80.4 Å². The van der Waals surface area contributed by atoms with Gasteiger partial charge in [-0.25, -0.2) is 14.8 Å². The molecule has 5 rings (SSSR count). The number of tetrazole rings is 1. The number of unbranched alkanes of at least 4 members (excludes halogenated alkanes) is 2. The third-order valence-electron chi connectivity index (χ3n) is 5.96. The van der Waals surface area contributed by atoms with Crippen LogP contribution in [0.2, 0.25) is 0 Å². The highest BCUT2D eigenvalue weighted by Gasteiger charge is 2.19. The maximum Gasteiger partial charge on any atom is 0.232 e. The molecule has 0 spiro atoms. The molecule has 0 fully saturated rings. The van der Waals surface area contributed by atoms with Crippen molar-refractivity contribution in [2.45, 2.75) is 39.2 Å². The van der Waals surface area contributed by atoms with Gasteiger partial charge in [-0.05, 0) is 28.5 Å². The Hall–Kier alpha value is -4.53. The van der Waals surface area contributed by atoms with Gasteiger partial charge in [0.2, 0.25) is 11.6 Å². The molecule has 0 aliphatic carbocycles. The van der Waals surface area contributed by atoms with E-state index < -0.39 is 0 Å². The van der Waals surface area contributed by atoms with E-state index in [2.05, 4.69) is 37.6 Å². The number of aryl methyl sites for hydroxylation is 1. The first-order valence-electron chi connectivity index (χ1n) is 12.0. The summed E-state index contributed by atoms with van der Waals surface area (Å²) in [5, 5.41) is 18.8. The molecule has 3 aromatic heterocycles. The first-order chi connectivity index (χ1) is 17.7. The molecule has 5 aromatic rings. The molecule has 0 aliphatic rings. The van der Waals surface area contributed by atoms with Crippen LogP contribution in [-0.4, -0.2) is 46.2 Å². The number of H-pyrrole nitrogens is 1. The van der Waals surface area contributed by atoms with E-state index in [0.717, 1.165) is 54.0 Å². The maximum absolute atomic E-state index is 13.0. The van der Waals surface area contributed by atoms with Crippen molar-refractivity contribution >= 4 is 5.78 Å². The largest absolute Gasteiger partial charge is 0.285 e. The number of carbonyl (C=O) groups is 1. The highest BCUT2D eigenvalue weighted by atomic mass is 16.1. The Kier molecular flexibility index (Phi) is 6.98. The number of nitrogens with one attached hydrogen (secondary N) is 1. The van der Waals surface area contributed by atoms with Crippen LogP contribution in [0.25, 0.3) is 22.5 Å². The number of aromatic nitrogens is 8. The van der Waals surface area contributed by atoms with Crippen molar-refractivity contribution in [3.8, 4) is 22.5 Å². The fourth-order valence-electron chi connectivity index (χ4n) is 4.08. The van der Waals surface area contributed by atoms with Gasteiger partial charge in [-0.3, -0.25) is 9.78 Å². The Labute approximate surface area is 208 Å². The average molecular weight is 479 g/mol. The zero-order valence-electron chi connectivity index (χ0n) is 20.0. The molecule has 36 heavy (non-hydrogen) atoms. The number of benzene rings is 2. The molecule has 3 heterocycles. The van der Waals surface area contributed by atoms with E-state index in [1.54, 1.807) is 12.1 Å². The average Bonchev–Trinajstić information content (AvgIpc) is 3.60. The lowest BCUT2D eigenvalue weighted by Crippen LogP contribution is -2.08. The van der Waals surface area contributed by atoms with Crippen LogP contribution in [0.1, 0.15) is 53.9 Å². The van der Waals surface area contributed by atoms with Crippen LogP contribution in [0.4, 0.5) is 0 Å². The summed E-state index contributed by atoms with van der Waals surface area (Å²) in [7, 11) is 0. The molecule has 0 radical (unpaired) electrons. The molecule has 9 nitrogen and oxygen atoms in total.